The summed E-state index contributed by atoms with van der Waals surface area (Å²) in [6.45, 7) is 0.874. The SMILES string of the molecule is CN1CC(CNC(=O)c2ccc(Br)o2)OCC1=O. The predicted octanol–water partition coefficient (Wildman–Crippen LogP) is 0.629. The second kappa shape index (κ2) is 5.53. The van der Waals surface area contributed by atoms with Gasteiger partial charge in [0.15, 0.2) is 10.4 Å². The molecule has 1 aliphatic heterocycles. The predicted molar refractivity (Wildman–Crippen MR) is 66.1 cm³/mol. The lowest BCUT2D eigenvalue weighted by atomic mass is 10.2. The van der Waals surface area contributed by atoms with Gasteiger partial charge in [0.2, 0.25) is 5.91 Å². The van der Waals surface area contributed by atoms with Crippen molar-refractivity contribution < 1.29 is 18.7 Å². The molecule has 98 valence electrons. The molecule has 1 N–H and O–H groups in total. The lowest BCUT2D eigenvalue weighted by Gasteiger charge is -2.29. The first-order valence-electron chi connectivity index (χ1n) is 5.45. The Kier molecular flexibility index (Phi) is 4.03. The molecular weight excluding hydrogens is 304 g/mol. The van der Waals surface area contributed by atoms with E-state index in [4.69, 9.17) is 9.15 Å². The maximum absolute atomic E-state index is 11.7. The number of rotatable bonds is 3. The number of likely N-dealkylation sites (N-methyl/N-ethyl adjacent to an activating group) is 1. The van der Waals surface area contributed by atoms with Crippen molar-refractivity contribution in [3.8, 4) is 0 Å². The van der Waals surface area contributed by atoms with Crippen LogP contribution in [0.1, 0.15) is 10.6 Å². The molecule has 1 aliphatic rings. The average molecular weight is 317 g/mol. The first-order valence-corrected chi connectivity index (χ1v) is 6.24. The van der Waals surface area contributed by atoms with Crippen LogP contribution >= 0.6 is 15.9 Å². The Labute approximate surface area is 112 Å². The number of hydrogen-bond acceptors (Lipinski definition) is 4. The normalized spacial score (nSPS) is 20.0. The van der Waals surface area contributed by atoms with Gasteiger partial charge < -0.3 is 19.4 Å². The molecule has 1 fully saturated rings. The number of carbonyl (C=O) groups excluding carboxylic acids is 2. The zero-order chi connectivity index (χ0) is 13.1. The summed E-state index contributed by atoms with van der Waals surface area (Å²) >= 11 is 3.13. The third kappa shape index (κ3) is 3.11. The Morgan fingerprint density at radius 3 is 3.00 bits per heavy atom. The van der Waals surface area contributed by atoms with Crippen LogP contribution in [-0.4, -0.2) is 49.6 Å². The number of hydrogen-bond donors (Lipinski definition) is 1. The fourth-order valence-electron chi connectivity index (χ4n) is 1.61. The standard InChI is InChI=1S/C11H13BrN2O4/c1-14-5-7(17-6-10(14)15)4-13-11(16)8-2-3-9(12)18-8/h2-3,7H,4-6H2,1H3,(H,13,16). The van der Waals surface area contributed by atoms with Crippen LogP contribution in [0.2, 0.25) is 0 Å². The molecule has 2 amide bonds. The Hall–Kier alpha value is -1.34. The van der Waals surface area contributed by atoms with E-state index < -0.39 is 0 Å². The van der Waals surface area contributed by atoms with Crippen molar-refractivity contribution in [2.75, 3.05) is 26.7 Å². The minimum atomic E-state index is -0.302. The highest BCUT2D eigenvalue weighted by atomic mass is 79.9. The second-order valence-corrected chi connectivity index (χ2v) is 4.80. The van der Waals surface area contributed by atoms with Gasteiger partial charge in [0.05, 0.1) is 6.10 Å². The van der Waals surface area contributed by atoms with Crippen LogP contribution < -0.4 is 5.32 Å². The zero-order valence-electron chi connectivity index (χ0n) is 9.81. The summed E-state index contributed by atoms with van der Waals surface area (Å²) in [6, 6.07) is 3.23. The number of carbonyl (C=O) groups is 2. The summed E-state index contributed by atoms with van der Waals surface area (Å²) < 4.78 is 10.9. The topological polar surface area (TPSA) is 71.8 Å². The lowest BCUT2D eigenvalue weighted by molar-refractivity contribution is -0.146. The molecule has 0 radical (unpaired) electrons. The van der Waals surface area contributed by atoms with E-state index in [1.54, 1.807) is 24.1 Å². The molecule has 1 saturated heterocycles. The highest BCUT2D eigenvalue weighted by Crippen LogP contribution is 2.13. The largest absolute Gasteiger partial charge is 0.444 e. The van der Waals surface area contributed by atoms with Gasteiger partial charge in [-0.3, -0.25) is 9.59 Å². The second-order valence-electron chi connectivity index (χ2n) is 4.02. The molecule has 1 aromatic heterocycles. The summed E-state index contributed by atoms with van der Waals surface area (Å²) in [6.07, 6.45) is -0.185. The average Bonchev–Trinajstić information content (AvgIpc) is 2.77. The van der Waals surface area contributed by atoms with Crippen molar-refractivity contribution in [2.24, 2.45) is 0 Å². The molecule has 1 atom stereocenters. The van der Waals surface area contributed by atoms with Crippen LogP contribution in [0.3, 0.4) is 0 Å². The van der Waals surface area contributed by atoms with Crippen molar-refractivity contribution in [1.82, 2.24) is 10.2 Å². The van der Waals surface area contributed by atoms with Crippen LogP contribution in [0, 0.1) is 0 Å². The molecule has 2 rings (SSSR count). The van der Waals surface area contributed by atoms with Crippen molar-refractivity contribution in [3.05, 3.63) is 22.6 Å². The van der Waals surface area contributed by atoms with Crippen LogP contribution in [0.4, 0.5) is 0 Å². The summed E-state index contributed by atoms with van der Waals surface area (Å²) in [7, 11) is 1.71. The molecule has 0 bridgehead atoms. The Bertz CT molecular complexity index is 460. The van der Waals surface area contributed by atoms with E-state index in [0.717, 1.165) is 0 Å². The fourth-order valence-corrected chi connectivity index (χ4v) is 1.92. The Balaban J connectivity index is 1.81. The minimum Gasteiger partial charge on any atom is -0.444 e. The molecule has 18 heavy (non-hydrogen) atoms. The van der Waals surface area contributed by atoms with Gasteiger partial charge in [0.25, 0.3) is 5.91 Å². The number of ether oxygens (including phenoxy) is 1. The van der Waals surface area contributed by atoms with Crippen LogP contribution in [-0.2, 0) is 9.53 Å². The Morgan fingerprint density at radius 1 is 1.61 bits per heavy atom. The molecule has 0 aliphatic carbocycles. The van der Waals surface area contributed by atoms with E-state index in [9.17, 15) is 9.59 Å². The highest BCUT2D eigenvalue weighted by molar-refractivity contribution is 9.10. The van der Waals surface area contributed by atoms with Gasteiger partial charge in [0, 0.05) is 20.1 Å². The number of morpholine rings is 1. The molecule has 0 saturated carbocycles. The van der Waals surface area contributed by atoms with Gasteiger partial charge in [-0.25, -0.2) is 0 Å². The Morgan fingerprint density at radius 2 is 2.39 bits per heavy atom. The quantitative estimate of drug-likeness (QED) is 0.887. The fraction of sp³-hybridized carbons (Fsp3) is 0.455. The summed E-state index contributed by atoms with van der Waals surface area (Å²) in [5.74, 6) is -0.112. The number of nitrogens with one attached hydrogen (secondary N) is 1. The van der Waals surface area contributed by atoms with E-state index in [0.29, 0.717) is 17.8 Å². The van der Waals surface area contributed by atoms with Gasteiger partial charge in [-0.15, -0.1) is 0 Å². The number of amides is 2. The highest BCUT2D eigenvalue weighted by Gasteiger charge is 2.24. The van der Waals surface area contributed by atoms with Crippen molar-refractivity contribution >= 4 is 27.7 Å². The van der Waals surface area contributed by atoms with Crippen molar-refractivity contribution in [1.29, 1.82) is 0 Å². The summed E-state index contributed by atoms with van der Waals surface area (Å²) in [4.78, 5) is 24.5. The van der Waals surface area contributed by atoms with Crippen LogP contribution in [0.25, 0.3) is 0 Å². The van der Waals surface area contributed by atoms with Gasteiger partial charge in [-0.1, -0.05) is 0 Å². The van der Waals surface area contributed by atoms with Gasteiger partial charge in [0.1, 0.15) is 6.61 Å². The molecule has 2 heterocycles. The van der Waals surface area contributed by atoms with Crippen LogP contribution in [0.5, 0.6) is 0 Å². The van der Waals surface area contributed by atoms with E-state index in [1.165, 1.54) is 0 Å². The van der Waals surface area contributed by atoms with E-state index in [1.807, 2.05) is 0 Å². The third-order valence-corrected chi connectivity index (χ3v) is 3.06. The number of furan rings is 1. The zero-order valence-corrected chi connectivity index (χ0v) is 11.4. The van der Waals surface area contributed by atoms with E-state index in [-0.39, 0.29) is 30.3 Å². The molecule has 0 aromatic carbocycles. The van der Waals surface area contributed by atoms with Crippen molar-refractivity contribution in [2.45, 2.75) is 6.10 Å². The monoisotopic (exact) mass is 316 g/mol. The van der Waals surface area contributed by atoms with E-state index in [2.05, 4.69) is 21.2 Å². The number of halogens is 1. The van der Waals surface area contributed by atoms with Gasteiger partial charge in [-0.05, 0) is 28.1 Å². The maximum atomic E-state index is 11.7. The maximum Gasteiger partial charge on any atom is 0.287 e. The number of nitrogens with zero attached hydrogens (tertiary/aromatic N) is 1. The van der Waals surface area contributed by atoms with Gasteiger partial charge >= 0.3 is 0 Å². The van der Waals surface area contributed by atoms with E-state index >= 15 is 0 Å². The minimum absolute atomic E-state index is 0.0486. The molecule has 6 nitrogen and oxygen atoms in total. The molecule has 1 unspecified atom stereocenters. The van der Waals surface area contributed by atoms with Crippen molar-refractivity contribution in [3.63, 3.8) is 0 Å². The van der Waals surface area contributed by atoms with Gasteiger partial charge in [-0.2, -0.15) is 0 Å². The molecule has 0 spiro atoms. The van der Waals surface area contributed by atoms with Crippen LogP contribution in [0.15, 0.2) is 21.2 Å². The summed E-state index contributed by atoms with van der Waals surface area (Å²) in [5, 5.41) is 2.70. The summed E-state index contributed by atoms with van der Waals surface area (Å²) in [5.41, 5.74) is 0. The lowest BCUT2D eigenvalue weighted by Crippen LogP contribution is -2.48. The molecule has 1 aromatic rings. The molecule has 7 heteroatoms. The third-order valence-electron chi connectivity index (χ3n) is 2.63. The first-order chi connectivity index (χ1) is 8.56. The smallest absolute Gasteiger partial charge is 0.287 e. The first kappa shape index (κ1) is 13.1. The molecular formula is C11H13BrN2O4.